The molecule has 0 bridgehead atoms. The van der Waals surface area contributed by atoms with Gasteiger partial charge in [-0.05, 0) is 26.0 Å². The molecule has 0 saturated carbocycles. The first kappa shape index (κ1) is 18.5. The van der Waals surface area contributed by atoms with Crippen molar-refractivity contribution in [2.45, 2.75) is 25.6 Å². The van der Waals surface area contributed by atoms with Crippen molar-refractivity contribution in [1.82, 2.24) is 14.9 Å². The number of ether oxygens (including phenoxy) is 2. The molecule has 0 radical (unpaired) electrons. The Morgan fingerprint density at radius 2 is 2.19 bits per heavy atom. The first-order valence-corrected chi connectivity index (χ1v) is 8.75. The molecule has 26 heavy (non-hydrogen) atoms. The van der Waals surface area contributed by atoms with Crippen molar-refractivity contribution < 1.29 is 14.3 Å². The zero-order chi connectivity index (χ0) is 18.7. The van der Waals surface area contributed by atoms with Crippen LogP contribution in [0.2, 0.25) is 0 Å². The molecule has 0 aliphatic carbocycles. The van der Waals surface area contributed by atoms with Gasteiger partial charge in [-0.25, -0.2) is 0 Å². The maximum absolute atomic E-state index is 11.7. The van der Waals surface area contributed by atoms with Gasteiger partial charge in [-0.1, -0.05) is 0 Å². The van der Waals surface area contributed by atoms with Crippen LogP contribution in [0.15, 0.2) is 30.7 Å². The number of amides is 1. The Morgan fingerprint density at radius 3 is 2.96 bits per heavy atom. The Kier molecular flexibility index (Phi) is 5.38. The first-order valence-electron chi connectivity index (χ1n) is 8.75. The minimum Gasteiger partial charge on any atom is -0.369 e. The third-order valence-corrected chi connectivity index (χ3v) is 4.37. The van der Waals surface area contributed by atoms with E-state index in [-0.39, 0.29) is 24.2 Å². The second-order valence-electron chi connectivity index (χ2n) is 7.41. The van der Waals surface area contributed by atoms with E-state index in [4.69, 9.17) is 9.47 Å². The van der Waals surface area contributed by atoms with Crippen LogP contribution in [0.4, 0.5) is 5.69 Å². The summed E-state index contributed by atoms with van der Waals surface area (Å²) in [4.78, 5) is 24.1. The van der Waals surface area contributed by atoms with E-state index >= 15 is 0 Å². The maximum atomic E-state index is 11.7. The number of anilines is 1. The largest absolute Gasteiger partial charge is 0.369 e. The maximum Gasteiger partial charge on any atom is 0.248 e. The molecule has 0 aromatic carbocycles. The molecular formula is C19H26N4O3. The molecule has 7 nitrogen and oxygen atoms in total. The Bertz CT molecular complexity index is 773. The number of pyridine rings is 2. The number of fused-ring (bicyclic) bond motifs is 1. The van der Waals surface area contributed by atoms with Crippen LogP contribution in [-0.4, -0.2) is 72.9 Å². The van der Waals surface area contributed by atoms with E-state index < -0.39 is 0 Å². The number of carbonyl (C=O) groups excluding carboxylic acids is 1. The molecule has 3 rings (SSSR count). The van der Waals surface area contributed by atoms with Gasteiger partial charge in [0.05, 0.1) is 23.8 Å². The van der Waals surface area contributed by atoms with Crippen LogP contribution in [0.3, 0.4) is 0 Å². The molecule has 1 fully saturated rings. The highest BCUT2D eigenvalue weighted by Gasteiger charge is 2.34. The van der Waals surface area contributed by atoms with Gasteiger partial charge in [0.15, 0.2) is 0 Å². The van der Waals surface area contributed by atoms with E-state index in [1.807, 2.05) is 24.5 Å². The van der Waals surface area contributed by atoms with E-state index in [9.17, 15) is 4.79 Å². The van der Waals surface area contributed by atoms with Crippen LogP contribution >= 0.6 is 0 Å². The molecule has 140 valence electrons. The molecule has 1 amide bonds. The Hall–Kier alpha value is -2.25. The number of likely N-dealkylation sites (N-methyl/N-ethyl adjacent to an activating group) is 1. The van der Waals surface area contributed by atoms with Gasteiger partial charge in [0.25, 0.3) is 0 Å². The quantitative estimate of drug-likeness (QED) is 0.811. The predicted octanol–water partition coefficient (Wildman–Crippen LogP) is 1.72. The summed E-state index contributed by atoms with van der Waals surface area (Å²) >= 11 is 0. The van der Waals surface area contributed by atoms with E-state index in [0.29, 0.717) is 13.2 Å². The van der Waals surface area contributed by atoms with Crippen LogP contribution in [0.25, 0.3) is 10.9 Å². The summed E-state index contributed by atoms with van der Waals surface area (Å²) < 4.78 is 11.8. The smallest absolute Gasteiger partial charge is 0.248 e. The summed E-state index contributed by atoms with van der Waals surface area (Å²) in [5.41, 5.74) is 1.69. The zero-order valence-electron chi connectivity index (χ0n) is 15.8. The lowest BCUT2D eigenvalue weighted by atomic mass is 10.0. The second-order valence-corrected chi connectivity index (χ2v) is 7.41. The fraction of sp³-hybridized carbons (Fsp3) is 0.526. The average molecular weight is 358 g/mol. The minimum absolute atomic E-state index is 0.0527. The van der Waals surface area contributed by atoms with Crippen molar-refractivity contribution in [2.75, 3.05) is 45.3 Å². The Labute approximate surface area is 153 Å². The summed E-state index contributed by atoms with van der Waals surface area (Å²) in [6.45, 7) is 6.02. The number of morpholine rings is 1. The van der Waals surface area contributed by atoms with Crippen LogP contribution in [-0.2, 0) is 14.3 Å². The van der Waals surface area contributed by atoms with Gasteiger partial charge < -0.3 is 19.3 Å². The lowest BCUT2D eigenvalue weighted by molar-refractivity contribution is -0.139. The minimum atomic E-state index is -0.324. The van der Waals surface area contributed by atoms with Gasteiger partial charge >= 0.3 is 0 Å². The topological polar surface area (TPSA) is 67.8 Å². The van der Waals surface area contributed by atoms with Crippen molar-refractivity contribution in [1.29, 1.82) is 0 Å². The number of hydrogen-bond donors (Lipinski definition) is 0. The lowest BCUT2D eigenvalue weighted by Crippen LogP contribution is -2.54. The second kappa shape index (κ2) is 7.55. The van der Waals surface area contributed by atoms with Crippen molar-refractivity contribution in [2.24, 2.45) is 0 Å². The van der Waals surface area contributed by atoms with Crippen LogP contribution in [0, 0.1) is 0 Å². The fourth-order valence-corrected chi connectivity index (χ4v) is 3.22. The average Bonchev–Trinajstić information content (AvgIpc) is 2.59. The SMILES string of the molecule is CN(C)C(=O)COC[C@H]1CN(c2ccnc3ccncc23)CC(C)(C)O1. The fourth-order valence-electron chi connectivity index (χ4n) is 3.22. The van der Waals surface area contributed by atoms with Crippen molar-refractivity contribution in [3.05, 3.63) is 30.7 Å². The third kappa shape index (κ3) is 4.28. The molecule has 1 saturated heterocycles. The van der Waals surface area contributed by atoms with Gasteiger partial charge in [0.1, 0.15) is 6.61 Å². The van der Waals surface area contributed by atoms with E-state index in [2.05, 4.69) is 28.7 Å². The van der Waals surface area contributed by atoms with Gasteiger partial charge in [0.2, 0.25) is 5.91 Å². The molecule has 0 spiro atoms. The number of rotatable bonds is 5. The highest BCUT2D eigenvalue weighted by Crippen LogP contribution is 2.30. The van der Waals surface area contributed by atoms with Crippen LogP contribution in [0.1, 0.15) is 13.8 Å². The van der Waals surface area contributed by atoms with E-state index in [0.717, 1.165) is 23.1 Å². The predicted molar refractivity (Wildman–Crippen MR) is 100 cm³/mol. The zero-order valence-corrected chi connectivity index (χ0v) is 15.8. The molecule has 7 heteroatoms. The van der Waals surface area contributed by atoms with Crippen molar-refractivity contribution >= 4 is 22.5 Å². The van der Waals surface area contributed by atoms with E-state index in [1.54, 1.807) is 20.3 Å². The van der Waals surface area contributed by atoms with Crippen LogP contribution in [0.5, 0.6) is 0 Å². The number of carbonyl (C=O) groups is 1. The summed E-state index contributed by atoms with van der Waals surface area (Å²) in [6, 6.07) is 3.93. The molecule has 1 atom stereocenters. The standard InChI is InChI=1S/C19H26N4O3/c1-19(2)13-23(10-14(26-19)11-25-12-18(24)22(3)4)17-6-8-21-16-5-7-20-9-15(16)17/h5-9,14H,10-13H2,1-4H3/t14-/m1/s1. The molecule has 2 aromatic rings. The Morgan fingerprint density at radius 1 is 1.38 bits per heavy atom. The number of aromatic nitrogens is 2. The summed E-state index contributed by atoms with van der Waals surface area (Å²) in [5, 5.41) is 1.02. The molecule has 1 aliphatic rings. The van der Waals surface area contributed by atoms with Gasteiger partial charge in [-0.3, -0.25) is 14.8 Å². The number of nitrogens with zero attached hydrogens (tertiary/aromatic N) is 4. The highest BCUT2D eigenvalue weighted by molar-refractivity contribution is 5.90. The molecule has 0 unspecified atom stereocenters. The summed E-state index contributed by atoms with van der Waals surface area (Å²) in [5.74, 6) is -0.0527. The van der Waals surface area contributed by atoms with E-state index in [1.165, 1.54) is 4.90 Å². The Balaban J connectivity index is 1.74. The monoisotopic (exact) mass is 358 g/mol. The summed E-state index contributed by atoms with van der Waals surface area (Å²) in [7, 11) is 3.44. The molecule has 1 aliphatic heterocycles. The van der Waals surface area contributed by atoms with Gasteiger partial charge in [-0.15, -0.1) is 0 Å². The third-order valence-electron chi connectivity index (χ3n) is 4.37. The van der Waals surface area contributed by atoms with Gasteiger partial charge in [-0.2, -0.15) is 0 Å². The molecule has 2 aromatic heterocycles. The molecule has 3 heterocycles. The normalized spacial score (nSPS) is 19.5. The summed E-state index contributed by atoms with van der Waals surface area (Å²) in [6.07, 6.45) is 5.30. The van der Waals surface area contributed by atoms with Crippen molar-refractivity contribution in [3.63, 3.8) is 0 Å². The van der Waals surface area contributed by atoms with Crippen molar-refractivity contribution in [3.8, 4) is 0 Å². The number of hydrogen-bond acceptors (Lipinski definition) is 6. The molecule has 0 N–H and O–H groups in total. The molecular weight excluding hydrogens is 332 g/mol. The van der Waals surface area contributed by atoms with Gasteiger partial charge in [0, 0.05) is 56.8 Å². The highest BCUT2D eigenvalue weighted by atomic mass is 16.5. The lowest BCUT2D eigenvalue weighted by Gasteiger charge is -2.44. The first-order chi connectivity index (χ1) is 12.4. The van der Waals surface area contributed by atoms with Crippen LogP contribution < -0.4 is 4.90 Å².